The molecule has 0 aliphatic carbocycles. The van der Waals surface area contributed by atoms with Gasteiger partial charge in [-0.2, -0.15) is 0 Å². The Labute approximate surface area is 205 Å². The number of ether oxygens (including phenoxy) is 1. The zero-order chi connectivity index (χ0) is 25.2. The minimum absolute atomic E-state index is 0.0191. The topological polar surface area (TPSA) is 116 Å². The number of carboxylic acids is 1. The lowest BCUT2D eigenvalue weighted by Gasteiger charge is -2.14. The summed E-state index contributed by atoms with van der Waals surface area (Å²) >= 11 is 0. The van der Waals surface area contributed by atoms with Crippen molar-refractivity contribution in [1.82, 2.24) is 0 Å². The van der Waals surface area contributed by atoms with Crippen LogP contribution in [0.25, 0.3) is 0 Å². The fourth-order valence-electron chi connectivity index (χ4n) is 3.80. The summed E-state index contributed by atoms with van der Waals surface area (Å²) in [5, 5.41) is 13.5. The summed E-state index contributed by atoms with van der Waals surface area (Å²) in [6, 6.07) is 25.5. The molecule has 176 valence electrons. The van der Waals surface area contributed by atoms with E-state index in [4.69, 9.17) is 4.74 Å². The second kappa shape index (κ2) is 9.19. The van der Waals surface area contributed by atoms with E-state index in [0.29, 0.717) is 22.9 Å². The van der Waals surface area contributed by atoms with Gasteiger partial charge in [-0.25, -0.2) is 4.90 Å². The van der Waals surface area contributed by atoms with Gasteiger partial charge in [0.1, 0.15) is 11.5 Å². The molecular weight excluding hydrogens is 460 g/mol. The van der Waals surface area contributed by atoms with E-state index < -0.39 is 23.7 Å². The van der Waals surface area contributed by atoms with Gasteiger partial charge in [0.2, 0.25) is 0 Å². The van der Waals surface area contributed by atoms with Crippen LogP contribution in [0.2, 0.25) is 0 Å². The second-order valence-electron chi connectivity index (χ2n) is 7.93. The molecule has 1 N–H and O–H groups in total. The highest BCUT2D eigenvalue weighted by molar-refractivity contribution is 6.34. The molecule has 4 aromatic rings. The highest BCUT2D eigenvalue weighted by Gasteiger charge is 2.37. The number of amides is 3. The van der Waals surface area contributed by atoms with Gasteiger partial charge >= 0.3 is 0 Å². The molecule has 4 aromatic carbocycles. The molecule has 0 atom stereocenters. The summed E-state index contributed by atoms with van der Waals surface area (Å²) in [5.74, 6) is -1.66. The Morgan fingerprint density at radius 3 is 1.97 bits per heavy atom. The first-order valence-corrected chi connectivity index (χ1v) is 10.9. The Hall–Kier alpha value is -5.24. The third-order valence-electron chi connectivity index (χ3n) is 5.60. The number of carbonyl (C=O) groups is 4. The normalized spacial score (nSPS) is 12.3. The quantitative estimate of drug-likeness (QED) is 0.421. The van der Waals surface area contributed by atoms with Gasteiger partial charge in [0, 0.05) is 11.3 Å². The van der Waals surface area contributed by atoms with E-state index in [-0.39, 0.29) is 22.3 Å². The van der Waals surface area contributed by atoms with Crippen molar-refractivity contribution >= 4 is 35.1 Å². The molecule has 1 aliphatic heterocycles. The van der Waals surface area contributed by atoms with Gasteiger partial charge in [0.15, 0.2) is 0 Å². The summed E-state index contributed by atoms with van der Waals surface area (Å²) in [4.78, 5) is 50.7. The molecule has 1 aliphatic rings. The van der Waals surface area contributed by atoms with E-state index in [1.54, 1.807) is 24.3 Å². The average molecular weight is 477 g/mol. The predicted molar refractivity (Wildman–Crippen MR) is 129 cm³/mol. The molecule has 0 spiro atoms. The van der Waals surface area contributed by atoms with Gasteiger partial charge in [-0.05, 0) is 72.3 Å². The summed E-state index contributed by atoms with van der Waals surface area (Å²) in [7, 11) is 0. The summed E-state index contributed by atoms with van der Waals surface area (Å²) in [6.45, 7) is 0. The smallest absolute Gasteiger partial charge is 0.266 e. The number of imide groups is 1. The summed E-state index contributed by atoms with van der Waals surface area (Å²) < 4.78 is 5.76. The number of fused-ring (bicyclic) bond motifs is 1. The standard InChI is InChI=1S/C28H18N2O6/c31-25(29-19-9-6-17(7-10-19)28(34)35)18-8-15-23-24(16-18)27(33)30(26(23)32)20-11-13-22(14-12-20)36-21-4-2-1-3-5-21/h1-16H,(H,29,31)(H,34,35)/p-1. The molecule has 0 saturated carbocycles. The first-order valence-electron chi connectivity index (χ1n) is 10.9. The van der Waals surface area contributed by atoms with Crippen molar-refractivity contribution < 1.29 is 29.0 Å². The number of benzene rings is 4. The molecule has 0 unspecified atom stereocenters. The fraction of sp³-hybridized carbons (Fsp3) is 0. The van der Waals surface area contributed by atoms with Crippen molar-refractivity contribution in [3.63, 3.8) is 0 Å². The van der Waals surface area contributed by atoms with Crippen LogP contribution in [0.5, 0.6) is 11.5 Å². The Morgan fingerprint density at radius 1 is 0.694 bits per heavy atom. The monoisotopic (exact) mass is 477 g/mol. The molecule has 0 radical (unpaired) electrons. The Kier molecular flexibility index (Phi) is 5.75. The maximum Gasteiger partial charge on any atom is 0.266 e. The maximum absolute atomic E-state index is 13.1. The molecule has 0 bridgehead atoms. The van der Waals surface area contributed by atoms with Crippen LogP contribution in [0.4, 0.5) is 11.4 Å². The Morgan fingerprint density at radius 2 is 1.31 bits per heavy atom. The molecule has 8 nitrogen and oxygen atoms in total. The van der Waals surface area contributed by atoms with Crippen LogP contribution in [0.1, 0.15) is 41.4 Å². The lowest BCUT2D eigenvalue weighted by Crippen LogP contribution is -2.29. The lowest BCUT2D eigenvalue weighted by atomic mass is 10.1. The van der Waals surface area contributed by atoms with E-state index in [2.05, 4.69) is 5.32 Å². The van der Waals surface area contributed by atoms with E-state index in [1.807, 2.05) is 30.3 Å². The minimum atomic E-state index is -1.32. The third-order valence-corrected chi connectivity index (χ3v) is 5.60. The van der Waals surface area contributed by atoms with Crippen LogP contribution in [0.15, 0.2) is 97.1 Å². The number of para-hydroxylation sites is 1. The van der Waals surface area contributed by atoms with Gasteiger partial charge in [0.25, 0.3) is 17.7 Å². The van der Waals surface area contributed by atoms with Gasteiger partial charge in [-0.15, -0.1) is 0 Å². The molecule has 5 rings (SSSR count). The Balaban J connectivity index is 1.33. The van der Waals surface area contributed by atoms with Gasteiger partial charge in [-0.3, -0.25) is 14.4 Å². The van der Waals surface area contributed by atoms with Crippen LogP contribution >= 0.6 is 0 Å². The van der Waals surface area contributed by atoms with Crippen molar-refractivity contribution in [1.29, 1.82) is 0 Å². The van der Waals surface area contributed by atoms with Crippen LogP contribution in [0.3, 0.4) is 0 Å². The summed E-state index contributed by atoms with van der Waals surface area (Å²) in [5.41, 5.74) is 1.21. The highest BCUT2D eigenvalue weighted by atomic mass is 16.5. The first kappa shape index (κ1) is 22.5. The van der Waals surface area contributed by atoms with E-state index in [0.717, 1.165) is 4.90 Å². The van der Waals surface area contributed by atoms with Gasteiger partial charge in [0.05, 0.1) is 22.8 Å². The SMILES string of the molecule is O=C([O-])c1ccc(NC(=O)c2ccc3c(c2)C(=O)N(c2ccc(Oc4ccccc4)cc2)C3=O)cc1. The molecule has 36 heavy (non-hydrogen) atoms. The van der Waals surface area contributed by atoms with Gasteiger partial charge < -0.3 is 20.0 Å². The first-order chi connectivity index (χ1) is 17.4. The number of carboxylic acid groups (broad SMARTS) is 1. The predicted octanol–water partition coefficient (Wildman–Crippen LogP) is 3.90. The fourth-order valence-corrected chi connectivity index (χ4v) is 3.80. The number of nitrogens with zero attached hydrogens (tertiary/aromatic N) is 1. The van der Waals surface area contributed by atoms with Crippen molar-refractivity contribution in [2.45, 2.75) is 0 Å². The van der Waals surface area contributed by atoms with Crippen molar-refractivity contribution in [3.05, 3.63) is 119 Å². The lowest BCUT2D eigenvalue weighted by molar-refractivity contribution is -0.255. The van der Waals surface area contributed by atoms with E-state index in [9.17, 15) is 24.3 Å². The van der Waals surface area contributed by atoms with E-state index >= 15 is 0 Å². The zero-order valence-electron chi connectivity index (χ0n) is 18.6. The molecule has 1 heterocycles. The van der Waals surface area contributed by atoms with Crippen LogP contribution < -0.4 is 20.1 Å². The molecule has 3 amide bonds. The van der Waals surface area contributed by atoms with Crippen LogP contribution in [-0.2, 0) is 0 Å². The number of carbonyl (C=O) groups excluding carboxylic acids is 4. The van der Waals surface area contributed by atoms with Crippen molar-refractivity contribution in [2.75, 3.05) is 10.2 Å². The van der Waals surface area contributed by atoms with Crippen molar-refractivity contribution in [3.8, 4) is 11.5 Å². The molecule has 0 fully saturated rings. The molecule has 0 aromatic heterocycles. The van der Waals surface area contributed by atoms with Crippen LogP contribution in [-0.4, -0.2) is 23.7 Å². The highest BCUT2D eigenvalue weighted by Crippen LogP contribution is 2.31. The Bertz CT molecular complexity index is 1500. The third kappa shape index (κ3) is 4.30. The maximum atomic E-state index is 13.1. The second-order valence-corrected chi connectivity index (χ2v) is 7.93. The average Bonchev–Trinajstić information content (AvgIpc) is 3.14. The summed E-state index contributed by atoms with van der Waals surface area (Å²) in [6.07, 6.45) is 0. The number of hydrogen-bond donors (Lipinski definition) is 1. The molecule has 8 heteroatoms. The van der Waals surface area contributed by atoms with E-state index in [1.165, 1.54) is 42.5 Å². The minimum Gasteiger partial charge on any atom is -0.545 e. The van der Waals surface area contributed by atoms with Gasteiger partial charge in [-0.1, -0.05) is 30.3 Å². The largest absolute Gasteiger partial charge is 0.545 e. The number of rotatable bonds is 6. The molecular formula is C28H17N2O6-. The zero-order valence-corrected chi connectivity index (χ0v) is 18.6. The number of nitrogens with one attached hydrogen (secondary N) is 1. The number of hydrogen-bond acceptors (Lipinski definition) is 6. The number of anilines is 2. The number of aromatic carboxylic acids is 1. The van der Waals surface area contributed by atoms with Crippen LogP contribution in [0, 0.1) is 0 Å². The molecule has 0 saturated heterocycles. The van der Waals surface area contributed by atoms with Crippen molar-refractivity contribution in [2.24, 2.45) is 0 Å².